The molecular formula is C25H34N2O2. The summed E-state index contributed by atoms with van der Waals surface area (Å²) in [6.07, 6.45) is 14.6. The highest BCUT2D eigenvalue weighted by molar-refractivity contribution is 6.02. The lowest BCUT2D eigenvalue weighted by molar-refractivity contribution is -0.128. The molecule has 3 aliphatic carbocycles. The van der Waals surface area contributed by atoms with Gasteiger partial charge in [-0.15, -0.1) is 0 Å². The first-order valence-corrected chi connectivity index (χ1v) is 11.9. The van der Waals surface area contributed by atoms with Crippen molar-refractivity contribution in [1.82, 2.24) is 10.2 Å². The molecule has 4 heteroatoms. The number of carbonyl (C=O) groups excluding carboxylic acids is 2. The van der Waals surface area contributed by atoms with Crippen LogP contribution in [0, 0.1) is 0 Å². The van der Waals surface area contributed by atoms with Crippen LogP contribution in [0.2, 0.25) is 0 Å². The largest absolute Gasteiger partial charge is 0.353 e. The maximum Gasteiger partial charge on any atom is 0.254 e. The second kappa shape index (κ2) is 7.77. The normalized spacial score (nSPS) is 27.4. The summed E-state index contributed by atoms with van der Waals surface area (Å²) in [6.45, 7) is 0. The van der Waals surface area contributed by atoms with Crippen LogP contribution in [0.15, 0.2) is 24.3 Å². The summed E-state index contributed by atoms with van der Waals surface area (Å²) < 4.78 is 0. The molecule has 4 aliphatic rings. The van der Waals surface area contributed by atoms with Gasteiger partial charge < -0.3 is 10.2 Å². The average Bonchev–Trinajstić information content (AvgIpc) is 3.43. The lowest BCUT2D eigenvalue weighted by Crippen LogP contribution is -2.65. The number of hydrogen-bond acceptors (Lipinski definition) is 2. The van der Waals surface area contributed by atoms with Crippen LogP contribution in [-0.4, -0.2) is 34.3 Å². The van der Waals surface area contributed by atoms with E-state index in [1.165, 1.54) is 32.1 Å². The fraction of sp³-hybridized carbons (Fsp3) is 0.680. The third kappa shape index (κ3) is 3.19. The van der Waals surface area contributed by atoms with E-state index in [1.54, 1.807) is 0 Å². The molecule has 156 valence electrons. The minimum atomic E-state index is -0.332. The molecule has 1 spiro atoms. The number of carbonyl (C=O) groups is 2. The van der Waals surface area contributed by atoms with Crippen molar-refractivity contribution in [2.45, 2.75) is 107 Å². The Morgan fingerprint density at radius 1 is 0.897 bits per heavy atom. The number of amides is 2. The fourth-order valence-electron chi connectivity index (χ4n) is 6.83. The highest BCUT2D eigenvalue weighted by Crippen LogP contribution is 2.51. The SMILES string of the molecule is O=C(NC1CCCC1)[C@@H]1c2ccccc2C(=O)N(C2CCCC2)C12CCCCC2. The molecule has 1 aromatic carbocycles. The van der Waals surface area contributed by atoms with E-state index in [1.807, 2.05) is 18.2 Å². The molecule has 0 radical (unpaired) electrons. The number of fused-ring (bicyclic) bond motifs is 1. The molecule has 4 nitrogen and oxygen atoms in total. The Labute approximate surface area is 174 Å². The van der Waals surface area contributed by atoms with E-state index in [-0.39, 0.29) is 23.3 Å². The third-order valence-electron chi connectivity index (χ3n) is 8.11. The lowest BCUT2D eigenvalue weighted by Gasteiger charge is -2.56. The molecule has 3 saturated carbocycles. The zero-order chi connectivity index (χ0) is 19.8. The molecule has 1 atom stereocenters. The zero-order valence-corrected chi connectivity index (χ0v) is 17.5. The van der Waals surface area contributed by atoms with Crippen LogP contribution in [0.3, 0.4) is 0 Å². The summed E-state index contributed by atoms with van der Waals surface area (Å²) >= 11 is 0. The molecule has 2 amide bonds. The van der Waals surface area contributed by atoms with E-state index >= 15 is 0 Å². The summed E-state index contributed by atoms with van der Waals surface area (Å²) in [6, 6.07) is 8.57. The third-order valence-corrected chi connectivity index (χ3v) is 8.11. The molecule has 1 N–H and O–H groups in total. The van der Waals surface area contributed by atoms with Gasteiger partial charge in [-0.05, 0) is 50.2 Å². The maximum atomic E-state index is 13.8. The van der Waals surface area contributed by atoms with Crippen LogP contribution in [0.25, 0.3) is 0 Å². The minimum absolute atomic E-state index is 0.168. The Morgan fingerprint density at radius 2 is 1.55 bits per heavy atom. The number of rotatable bonds is 3. The Bertz CT molecular complexity index is 771. The van der Waals surface area contributed by atoms with Gasteiger partial charge in [-0.2, -0.15) is 0 Å². The molecule has 1 heterocycles. The van der Waals surface area contributed by atoms with E-state index in [2.05, 4.69) is 16.3 Å². The smallest absolute Gasteiger partial charge is 0.254 e. The number of benzene rings is 1. The monoisotopic (exact) mass is 394 g/mol. The second-order valence-electron chi connectivity index (χ2n) is 9.79. The van der Waals surface area contributed by atoms with Gasteiger partial charge in [0.1, 0.15) is 0 Å². The van der Waals surface area contributed by atoms with Gasteiger partial charge >= 0.3 is 0 Å². The Kier molecular flexibility index (Phi) is 5.13. The molecule has 1 aliphatic heterocycles. The van der Waals surface area contributed by atoms with Crippen molar-refractivity contribution in [3.63, 3.8) is 0 Å². The first-order valence-electron chi connectivity index (χ1n) is 11.9. The summed E-state index contributed by atoms with van der Waals surface area (Å²) in [5, 5.41) is 3.41. The molecular weight excluding hydrogens is 360 g/mol. The molecule has 0 aromatic heterocycles. The van der Waals surface area contributed by atoms with E-state index in [0.717, 1.165) is 62.5 Å². The Morgan fingerprint density at radius 3 is 2.28 bits per heavy atom. The van der Waals surface area contributed by atoms with Crippen molar-refractivity contribution in [3.8, 4) is 0 Å². The predicted octanol–water partition coefficient (Wildman–Crippen LogP) is 4.93. The van der Waals surface area contributed by atoms with Crippen LogP contribution in [0.1, 0.15) is 105 Å². The van der Waals surface area contributed by atoms with Gasteiger partial charge in [-0.25, -0.2) is 0 Å². The zero-order valence-electron chi connectivity index (χ0n) is 17.5. The second-order valence-corrected chi connectivity index (χ2v) is 9.79. The van der Waals surface area contributed by atoms with Crippen molar-refractivity contribution >= 4 is 11.8 Å². The summed E-state index contributed by atoms with van der Waals surface area (Å²) in [7, 11) is 0. The lowest BCUT2D eigenvalue weighted by atomic mass is 9.64. The van der Waals surface area contributed by atoms with Crippen molar-refractivity contribution in [1.29, 1.82) is 0 Å². The van der Waals surface area contributed by atoms with Gasteiger partial charge in [-0.1, -0.05) is 63.1 Å². The van der Waals surface area contributed by atoms with Gasteiger partial charge in [0.05, 0.1) is 11.5 Å². The van der Waals surface area contributed by atoms with Crippen molar-refractivity contribution < 1.29 is 9.59 Å². The summed E-state index contributed by atoms with van der Waals surface area (Å²) in [4.78, 5) is 29.8. The predicted molar refractivity (Wildman–Crippen MR) is 114 cm³/mol. The molecule has 29 heavy (non-hydrogen) atoms. The first-order chi connectivity index (χ1) is 14.2. The van der Waals surface area contributed by atoms with Crippen LogP contribution < -0.4 is 5.32 Å². The van der Waals surface area contributed by atoms with Crippen LogP contribution >= 0.6 is 0 Å². The Hall–Kier alpha value is -1.84. The van der Waals surface area contributed by atoms with Crippen molar-refractivity contribution in [3.05, 3.63) is 35.4 Å². The Balaban J connectivity index is 1.60. The van der Waals surface area contributed by atoms with Crippen molar-refractivity contribution in [2.24, 2.45) is 0 Å². The molecule has 0 unspecified atom stereocenters. The number of nitrogens with one attached hydrogen (secondary N) is 1. The highest BCUT2D eigenvalue weighted by atomic mass is 16.2. The van der Waals surface area contributed by atoms with E-state index in [4.69, 9.17) is 0 Å². The first kappa shape index (κ1) is 19.1. The molecule has 3 fully saturated rings. The van der Waals surface area contributed by atoms with Gasteiger partial charge in [0.25, 0.3) is 5.91 Å². The van der Waals surface area contributed by atoms with Crippen LogP contribution in [0.5, 0.6) is 0 Å². The number of nitrogens with zero attached hydrogens (tertiary/aromatic N) is 1. The van der Waals surface area contributed by atoms with Crippen LogP contribution in [-0.2, 0) is 4.79 Å². The fourth-order valence-corrected chi connectivity index (χ4v) is 6.83. The van der Waals surface area contributed by atoms with Gasteiger partial charge in [0, 0.05) is 17.6 Å². The topological polar surface area (TPSA) is 49.4 Å². The minimum Gasteiger partial charge on any atom is -0.353 e. The quantitative estimate of drug-likeness (QED) is 0.790. The molecule has 1 aromatic rings. The van der Waals surface area contributed by atoms with E-state index in [0.29, 0.717) is 12.1 Å². The van der Waals surface area contributed by atoms with Gasteiger partial charge in [-0.3, -0.25) is 9.59 Å². The highest BCUT2D eigenvalue weighted by Gasteiger charge is 2.56. The standard InChI is InChI=1S/C25H34N2O2/c28-23(26-18-10-2-3-11-18)22-20-14-6-7-15-21(20)24(29)27(19-12-4-5-13-19)25(22)16-8-1-9-17-25/h6-7,14-15,18-19,22H,1-5,8-13,16-17H2,(H,26,28)/t22-/m0/s1. The van der Waals surface area contributed by atoms with E-state index in [9.17, 15) is 9.59 Å². The summed E-state index contributed by atoms with van der Waals surface area (Å²) in [5.74, 6) is 0.124. The molecule has 0 bridgehead atoms. The van der Waals surface area contributed by atoms with Crippen molar-refractivity contribution in [2.75, 3.05) is 0 Å². The average molecular weight is 395 g/mol. The maximum absolute atomic E-state index is 13.8. The molecule has 5 rings (SSSR count). The van der Waals surface area contributed by atoms with Gasteiger partial charge in [0.15, 0.2) is 0 Å². The number of hydrogen-bond donors (Lipinski definition) is 1. The summed E-state index contributed by atoms with van der Waals surface area (Å²) in [5.41, 5.74) is 1.41. The van der Waals surface area contributed by atoms with Gasteiger partial charge in [0.2, 0.25) is 5.91 Å². The van der Waals surface area contributed by atoms with Crippen LogP contribution in [0.4, 0.5) is 0 Å². The van der Waals surface area contributed by atoms with E-state index < -0.39 is 0 Å². The molecule has 0 saturated heterocycles.